The van der Waals surface area contributed by atoms with E-state index in [9.17, 15) is 23.1 Å². The molecule has 0 saturated heterocycles. The second-order valence-electron chi connectivity index (χ2n) is 12.3. The van der Waals surface area contributed by atoms with E-state index in [2.05, 4.69) is 42.0 Å². The summed E-state index contributed by atoms with van der Waals surface area (Å²) in [5, 5.41) is 15.2. The van der Waals surface area contributed by atoms with Crippen molar-refractivity contribution in [1.82, 2.24) is 10.6 Å². The van der Waals surface area contributed by atoms with Gasteiger partial charge in [-0.25, -0.2) is 8.42 Å². The van der Waals surface area contributed by atoms with Gasteiger partial charge in [0.05, 0.1) is 21.2 Å². The number of hydrogen-bond acceptors (Lipinski definition) is 9. The summed E-state index contributed by atoms with van der Waals surface area (Å²) < 4.78 is 34.7. The average Bonchev–Trinajstić information content (AvgIpc) is 3.18. The summed E-state index contributed by atoms with van der Waals surface area (Å²) in [6.45, 7) is 4.71. The topological polar surface area (TPSA) is 125 Å². The second kappa shape index (κ2) is 17.3. The minimum atomic E-state index is -3.76. The molecule has 260 valence electrons. The lowest BCUT2D eigenvalue weighted by Crippen LogP contribution is -2.42. The SMILES string of the molecule is CCCCC1(CCCC)CN(c2ccccc2)c2cc(SC)c(OCC(=O)N[C@@H](C(=O)NCCS)c3ccc(O)cc3)cc2S(=O)(=O)C1. The third-order valence-electron chi connectivity index (χ3n) is 8.61. The van der Waals surface area contributed by atoms with E-state index in [1.165, 1.54) is 23.9 Å². The number of para-hydroxylation sites is 1. The zero-order chi connectivity index (χ0) is 34.7. The Balaban J connectivity index is 1.69. The zero-order valence-electron chi connectivity index (χ0n) is 27.9. The molecule has 0 spiro atoms. The number of thiol groups is 1. The first-order valence-corrected chi connectivity index (χ1v) is 19.9. The molecule has 4 rings (SSSR count). The van der Waals surface area contributed by atoms with Gasteiger partial charge in [0.25, 0.3) is 5.91 Å². The molecule has 0 unspecified atom stereocenters. The predicted molar refractivity (Wildman–Crippen MR) is 197 cm³/mol. The molecule has 0 aliphatic carbocycles. The van der Waals surface area contributed by atoms with Crippen molar-refractivity contribution in [2.75, 3.05) is 42.4 Å². The number of nitrogens with zero attached hydrogens (tertiary/aromatic N) is 1. The fourth-order valence-electron chi connectivity index (χ4n) is 6.17. The van der Waals surface area contributed by atoms with Gasteiger partial charge >= 0.3 is 0 Å². The Morgan fingerprint density at radius 3 is 2.31 bits per heavy atom. The number of aromatic hydroxyl groups is 1. The zero-order valence-corrected chi connectivity index (χ0v) is 30.4. The third-order valence-corrected chi connectivity index (χ3v) is 11.6. The number of nitrogens with one attached hydrogen (secondary N) is 2. The maximum atomic E-state index is 14.4. The summed E-state index contributed by atoms with van der Waals surface area (Å²) >= 11 is 5.55. The number of amides is 2. The van der Waals surface area contributed by atoms with Crippen LogP contribution in [-0.4, -0.2) is 62.8 Å². The standard InChI is InChI=1S/C36H47N3O6S3/c1-4-6-17-36(18-7-5-2)24-39(27-11-9-8-10-12-27)29-21-31(47-3)30(22-32(29)48(43,44)25-36)45-23-33(41)38-34(35(42)37-19-20-46)26-13-15-28(40)16-14-26/h8-16,21-22,34,40,46H,4-7,17-20,23-25H2,1-3H3,(H,37,42)(H,38,41)/t34-/m1/s1. The highest BCUT2D eigenvalue weighted by Crippen LogP contribution is 2.47. The first-order valence-electron chi connectivity index (χ1n) is 16.4. The molecular weight excluding hydrogens is 667 g/mol. The van der Waals surface area contributed by atoms with Gasteiger partial charge in [0, 0.05) is 36.0 Å². The number of anilines is 2. The fourth-order valence-corrected chi connectivity index (χ4v) is 8.95. The van der Waals surface area contributed by atoms with Crippen LogP contribution in [0.3, 0.4) is 0 Å². The van der Waals surface area contributed by atoms with Crippen LogP contribution in [0, 0.1) is 5.41 Å². The molecule has 3 aromatic carbocycles. The number of fused-ring (bicyclic) bond motifs is 1. The molecule has 3 N–H and O–H groups in total. The molecule has 9 nitrogen and oxygen atoms in total. The number of hydrogen-bond donors (Lipinski definition) is 4. The van der Waals surface area contributed by atoms with Gasteiger partial charge in [-0.3, -0.25) is 9.59 Å². The van der Waals surface area contributed by atoms with Crippen molar-refractivity contribution in [3.8, 4) is 11.5 Å². The first-order chi connectivity index (χ1) is 23.1. The van der Waals surface area contributed by atoms with Gasteiger partial charge in [-0.1, -0.05) is 69.9 Å². The highest BCUT2D eigenvalue weighted by atomic mass is 32.2. The van der Waals surface area contributed by atoms with Gasteiger partial charge in [0.1, 0.15) is 17.5 Å². The Morgan fingerprint density at radius 1 is 1.04 bits per heavy atom. The van der Waals surface area contributed by atoms with Crippen LogP contribution < -0.4 is 20.3 Å². The molecule has 2 amide bonds. The highest BCUT2D eigenvalue weighted by molar-refractivity contribution is 7.98. The summed E-state index contributed by atoms with van der Waals surface area (Å²) in [6.07, 6.45) is 7.34. The van der Waals surface area contributed by atoms with Crippen LogP contribution in [0.15, 0.2) is 76.5 Å². The summed E-state index contributed by atoms with van der Waals surface area (Å²) in [7, 11) is -3.76. The van der Waals surface area contributed by atoms with Crippen LogP contribution in [0.5, 0.6) is 11.5 Å². The molecule has 1 heterocycles. The maximum Gasteiger partial charge on any atom is 0.258 e. The monoisotopic (exact) mass is 713 g/mol. The van der Waals surface area contributed by atoms with E-state index in [-0.39, 0.29) is 22.1 Å². The van der Waals surface area contributed by atoms with E-state index in [4.69, 9.17) is 4.74 Å². The third kappa shape index (κ3) is 9.41. The Hall–Kier alpha value is -3.35. The first kappa shape index (κ1) is 37.5. The number of thioether (sulfide) groups is 1. The quantitative estimate of drug-likeness (QED) is 0.0957. The van der Waals surface area contributed by atoms with Gasteiger partial charge in [-0.05, 0) is 55.0 Å². The molecule has 0 aromatic heterocycles. The molecule has 12 heteroatoms. The second-order valence-corrected chi connectivity index (χ2v) is 15.5. The molecular formula is C36H47N3O6S3. The number of rotatable bonds is 16. The lowest BCUT2D eigenvalue weighted by molar-refractivity contribution is -0.130. The average molecular weight is 714 g/mol. The highest BCUT2D eigenvalue weighted by Gasteiger charge is 2.42. The van der Waals surface area contributed by atoms with Crippen molar-refractivity contribution in [1.29, 1.82) is 0 Å². The predicted octanol–water partition coefficient (Wildman–Crippen LogP) is 6.69. The van der Waals surface area contributed by atoms with Crippen molar-refractivity contribution < 1.29 is 27.9 Å². The Kier molecular flexibility index (Phi) is 13.5. The van der Waals surface area contributed by atoms with Gasteiger partial charge in [0.15, 0.2) is 16.4 Å². The van der Waals surface area contributed by atoms with Crippen molar-refractivity contribution in [3.63, 3.8) is 0 Å². The molecule has 0 saturated carbocycles. The molecule has 1 aliphatic heterocycles. The number of ether oxygens (including phenoxy) is 1. The van der Waals surface area contributed by atoms with Gasteiger partial charge in [-0.2, -0.15) is 12.6 Å². The smallest absolute Gasteiger partial charge is 0.258 e. The van der Waals surface area contributed by atoms with E-state index in [1.54, 1.807) is 18.2 Å². The van der Waals surface area contributed by atoms with Crippen LogP contribution in [0.4, 0.5) is 11.4 Å². The van der Waals surface area contributed by atoms with Gasteiger partial charge in [0.2, 0.25) is 5.91 Å². The number of unbranched alkanes of at least 4 members (excludes halogenated alkanes) is 2. The largest absolute Gasteiger partial charge is 0.508 e. The van der Waals surface area contributed by atoms with Crippen molar-refractivity contribution in [3.05, 3.63) is 72.3 Å². The number of benzene rings is 3. The number of carbonyl (C=O) groups is 2. The number of phenolic OH excluding ortho intramolecular Hbond substituents is 1. The molecule has 0 fully saturated rings. The van der Waals surface area contributed by atoms with E-state index < -0.39 is 39.7 Å². The fraction of sp³-hybridized carbons (Fsp3) is 0.444. The van der Waals surface area contributed by atoms with Crippen LogP contribution in [0.25, 0.3) is 0 Å². The van der Waals surface area contributed by atoms with E-state index in [0.29, 0.717) is 35.0 Å². The summed E-state index contributed by atoms with van der Waals surface area (Å²) in [4.78, 5) is 29.2. The minimum Gasteiger partial charge on any atom is -0.508 e. The summed E-state index contributed by atoms with van der Waals surface area (Å²) in [6, 6.07) is 18.3. The number of phenols is 1. The normalized spacial score (nSPS) is 15.5. The molecule has 3 aromatic rings. The van der Waals surface area contributed by atoms with Crippen molar-refractivity contribution in [2.45, 2.75) is 68.2 Å². The van der Waals surface area contributed by atoms with Crippen LogP contribution >= 0.6 is 24.4 Å². The molecule has 1 atom stereocenters. The summed E-state index contributed by atoms with van der Waals surface area (Å²) in [5.41, 5.74) is 1.57. The molecule has 0 radical (unpaired) electrons. The van der Waals surface area contributed by atoms with E-state index in [0.717, 1.165) is 44.2 Å². The van der Waals surface area contributed by atoms with Crippen molar-refractivity contribution >= 4 is 57.4 Å². The maximum absolute atomic E-state index is 14.4. The lowest BCUT2D eigenvalue weighted by atomic mass is 9.79. The van der Waals surface area contributed by atoms with E-state index in [1.807, 2.05) is 42.7 Å². The van der Waals surface area contributed by atoms with Gasteiger partial charge < -0.3 is 25.4 Å². The number of sulfone groups is 1. The van der Waals surface area contributed by atoms with Crippen LogP contribution in [0.2, 0.25) is 0 Å². The Labute approximate surface area is 294 Å². The minimum absolute atomic E-state index is 0.0319. The molecule has 0 bridgehead atoms. The van der Waals surface area contributed by atoms with Crippen LogP contribution in [0.1, 0.15) is 64.0 Å². The summed E-state index contributed by atoms with van der Waals surface area (Å²) in [5.74, 6) is -0.232. The van der Waals surface area contributed by atoms with Crippen LogP contribution in [-0.2, 0) is 19.4 Å². The van der Waals surface area contributed by atoms with E-state index >= 15 is 0 Å². The Bertz CT molecular complexity index is 1630. The lowest BCUT2D eigenvalue weighted by Gasteiger charge is -2.37. The Morgan fingerprint density at radius 2 is 1.71 bits per heavy atom. The van der Waals surface area contributed by atoms with Crippen molar-refractivity contribution in [2.24, 2.45) is 5.41 Å². The molecule has 48 heavy (non-hydrogen) atoms. The number of carbonyl (C=O) groups excluding carboxylic acids is 2. The molecule has 1 aliphatic rings. The van der Waals surface area contributed by atoms with Gasteiger partial charge in [-0.15, -0.1) is 11.8 Å².